The highest BCUT2D eigenvalue weighted by atomic mass is 16.5. The first-order valence-corrected chi connectivity index (χ1v) is 10.1. The first-order chi connectivity index (χ1) is 14.9. The van der Waals surface area contributed by atoms with Gasteiger partial charge in [-0.1, -0.05) is 12.1 Å². The molecule has 1 aliphatic heterocycles. The van der Waals surface area contributed by atoms with E-state index in [4.69, 9.17) is 9.47 Å². The van der Waals surface area contributed by atoms with E-state index in [1.54, 1.807) is 52.3 Å². The third-order valence-electron chi connectivity index (χ3n) is 5.14. The maximum absolute atomic E-state index is 13.2. The molecule has 0 unspecified atom stereocenters. The SMILES string of the molecule is COc1cccc(OC)c1C(=O)N1CCCN(C(=O)c2cccc(NC(C)=O)c2)CC1. The number of methoxy groups -OCH3 is 2. The maximum Gasteiger partial charge on any atom is 0.261 e. The van der Waals surface area contributed by atoms with E-state index in [0.717, 1.165) is 0 Å². The van der Waals surface area contributed by atoms with Crippen molar-refractivity contribution in [2.24, 2.45) is 0 Å². The van der Waals surface area contributed by atoms with E-state index < -0.39 is 0 Å². The number of hydrogen-bond acceptors (Lipinski definition) is 5. The first kappa shape index (κ1) is 22.1. The van der Waals surface area contributed by atoms with Crippen LogP contribution in [0.4, 0.5) is 5.69 Å². The number of amides is 3. The number of hydrogen-bond donors (Lipinski definition) is 1. The Morgan fingerprint density at radius 3 is 2.00 bits per heavy atom. The minimum absolute atomic E-state index is 0.128. The molecule has 1 fully saturated rings. The summed E-state index contributed by atoms with van der Waals surface area (Å²) in [6.07, 6.45) is 0.653. The van der Waals surface area contributed by atoms with E-state index in [2.05, 4.69) is 5.32 Å². The summed E-state index contributed by atoms with van der Waals surface area (Å²) < 4.78 is 10.7. The van der Waals surface area contributed by atoms with E-state index in [1.165, 1.54) is 21.1 Å². The number of carbonyl (C=O) groups excluding carboxylic acids is 3. The van der Waals surface area contributed by atoms with Gasteiger partial charge in [-0.05, 0) is 36.8 Å². The Balaban J connectivity index is 1.73. The average Bonchev–Trinajstić information content (AvgIpc) is 3.03. The van der Waals surface area contributed by atoms with Crippen LogP contribution in [0.3, 0.4) is 0 Å². The highest BCUT2D eigenvalue weighted by Crippen LogP contribution is 2.30. The van der Waals surface area contributed by atoms with Crippen molar-refractivity contribution >= 4 is 23.4 Å². The van der Waals surface area contributed by atoms with Crippen LogP contribution in [-0.2, 0) is 4.79 Å². The van der Waals surface area contributed by atoms with Crippen molar-refractivity contribution in [1.82, 2.24) is 9.80 Å². The van der Waals surface area contributed by atoms with Crippen LogP contribution in [-0.4, -0.2) is 67.9 Å². The van der Waals surface area contributed by atoms with E-state index in [-0.39, 0.29) is 17.7 Å². The van der Waals surface area contributed by atoms with Crippen molar-refractivity contribution in [3.63, 3.8) is 0 Å². The fourth-order valence-corrected chi connectivity index (χ4v) is 3.66. The predicted octanol–water partition coefficient (Wildman–Crippen LogP) is 2.65. The fourth-order valence-electron chi connectivity index (χ4n) is 3.66. The van der Waals surface area contributed by atoms with Crippen molar-refractivity contribution < 1.29 is 23.9 Å². The number of anilines is 1. The van der Waals surface area contributed by atoms with Crippen molar-refractivity contribution in [3.05, 3.63) is 53.6 Å². The van der Waals surface area contributed by atoms with E-state index in [1.807, 2.05) is 0 Å². The molecule has 0 bridgehead atoms. The van der Waals surface area contributed by atoms with Crippen LogP contribution in [0.15, 0.2) is 42.5 Å². The number of nitrogens with one attached hydrogen (secondary N) is 1. The molecule has 3 rings (SSSR count). The van der Waals surface area contributed by atoms with Gasteiger partial charge in [0.2, 0.25) is 5.91 Å². The maximum atomic E-state index is 13.2. The van der Waals surface area contributed by atoms with E-state index in [9.17, 15) is 14.4 Å². The molecule has 2 aromatic rings. The molecule has 1 N–H and O–H groups in total. The molecule has 1 aliphatic rings. The Hall–Kier alpha value is -3.55. The van der Waals surface area contributed by atoms with Gasteiger partial charge in [0.05, 0.1) is 14.2 Å². The lowest BCUT2D eigenvalue weighted by Crippen LogP contribution is -2.37. The molecule has 164 valence electrons. The molecule has 0 saturated carbocycles. The number of rotatable bonds is 5. The standard InChI is InChI=1S/C23H27N3O5/c1-16(27)24-18-8-4-7-17(15-18)22(28)25-11-6-12-26(14-13-25)23(29)21-19(30-2)9-5-10-20(21)31-3/h4-5,7-10,15H,6,11-14H2,1-3H3,(H,24,27). The van der Waals surface area contributed by atoms with Crippen LogP contribution >= 0.6 is 0 Å². The second kappa shape index (κ2) is 9.97. The van der Waals surface area contributed by atoms with Crippen molar-refractivity contribution in [1.29, 1.82) is 0 Å². The zero-order valence-corrected chi connectivity index (χ0v) is 18.0. The second-order valence-electron chi connectivity index (χ2n) is 7.24. The quantitative estimate of drug-likeness (QED) is 0.796. The third-order valence-corrected chi connectivity index (χ3v) is 5.14. The number of benzene rings is 2. The molecule has 0 radical (unpaired) electrons. The van der Waals surface area contributed by atoms with E-state index in [0.29, 0.717) is 60.9 Å². The molecule has 0 aromatic heterocycles. The molecule has 2 aromatic carbocycles. The van der Waals surface area contributed by atoms with Crippen LogP contribution in [0.5, 0.6) is 11.5 Å². The summed E-state index contributed by atoms with van der Waals surface area (Å²) in [5.41, 5.74) is 1.46. The summed E-state index contributed by atoms with van der Waals surface area (Å²) in [4.78, 5) is 41.0. The summed E-state index contributed by atoms with van der Waals surface area (Å²) in [6.45, 7) is 3.29. The van der Waals surface area contributed by atoms with Crippen molar-refractivity contribution in [2.45, 2.75) is 13.3 Å². The van der Waals surface area contributed by atoms with Crippen molar-refractivity contribution in [3.8, 4) is 11.5 Å². The summed E-state index contributed by atoms with van der Waals surface area (Å²) in [6, 6.07) is 12.1. The van der Waals surface area contributed by atoms with Gasteiger partial charge in [-0.15, -0.1) is 0 Å². The van der Waals surface area contributed by atoms with Crippen LogP contribution in [0.25, 0.3) is 0 Å². The molecule has 3 amide bonds. The minimum Gasteiger partial charge on any atom is -0.496 e. The second-order valence-corrected chi connectivity index (χ2v) is 7.24. The summed E-state index contributed by atoms with van der Waals surface area (Å²) >= 11 is 0. The molecule has 0 spiro atoms. The lowest BCUT2D eigenvalue weighted by atomic mass is 10.1. The predicted molar refractivity (Wildman–Crippen MR) is 117 cm³/mol. The summed E-state index contributed by atoms with van der Waals surface area (Å²) in [7, 11) is 3.03. The molecule has 31 heavy (non-hydrogen) atoms. The zero-order valence-electron chi connectivity index (χ0n) is 18.0. The third kappa shape index (κ3) is 5.14. The summed E-state index contributed by atoms with van der Waals surface area (Å²) in [5.74, 6) is 0.403. The Morgan fingerprint density at radius 1 is 0.839 bits per heavy atom. The molecular formula is C23H27N3O5. The Labute approximate surface area is 181 Å². The molecule has 1 heterocycles. The fraction of sp³-hybridized carbons (Fsp3) is 0.348. The van der Waals surface area contributed by atoms with Crippen LogP contribution in [0.1, 0.15) is 34.1 Å². The monoisotopic (exact) mass is 425 g/mol. The largest absolute Gasteiger partial charge is 0.496 e. The van der Waals surface area contributed by atoms with E-state index >= 15 is 0 Å². The van der Waals surface area contributed by atoms with Gasteiger partial charge in [0, 0.05) is 44.4 Å². The number of nitrogens with zero attached hydrogens (tertiary/aromatic N) is 2. The van der Waals surface area contributed by atoms with Crippen LogP contribution < -0.4 is 14.8 Å². The van der Waals surface area contributed by atoms with Gasteiger partial charge >= 0.3 is 0 Å². The summed E-state index contributed by atoms with van der Waals surface area (Å²) in [5, 5.41) is 2.69. The first-order valence-electron chi connectivity index (χ1n) is 10.1. The topological polar surface area (TPSA) is 88.2 Å². The molecule has 0 atom stereocenters. The van der Waals surface area contributed by atoms with Crippen molar-refractivity contribution in [2.75, 3.05) is 45.7 Å². The normalized spacial score (nSPS) is 13.9. The number of ether oxygens (including phenoxy) is 2. The Kier molecular flexibility index (Phi) is 7.12. The lowest BCUT2D eigenvalue weighted by Gasteiger charge is -2.24. The van der Waals surface area contributed by atoms with Gasteiger partial charge in [-0.25, -0.2) is 0 Å². The highest BCUT2D eigenvalue weighted by Gasteiger charge is 2.27. The van der Waals surface area contributed by atoms with Crippen LogP contribution in [0, 0.1) is 0 Å². The smallest absolute Gasteiger partial charge is 0.261 e. The minimum atomic E-state index is -0.194. The van der Waals surface area contributed by atoms with Gasteiger partial charge in [0.15, 0.2) is 0 Å². The Morgan fingerprint density at radius 2 is 1.42 bits per heavy atom. The molecular weight excluding hydrogens is 398 g/mol. The Bertz CT molecular complexity index is 953. The number of carbonyl (C=O) groups is 3. The zero-order chi connectivity index (χ0) is 22.4. The van der Waals surface area contributed by atoms with Gasteiger partial charge in [-0.3, -0.25) is 14.4 Å². The molecule has 8 heteroatoms. The van der Waals surface area contributed by atoms with Crippen LogP contribution in [0.2, 0.25) is 0 Å². The lowest BCUT2D eigenvalue weighted by molar-refractivity contribution is -0.114. The van der Waals surface area contributed by atoms with Gasteiger partial charge in [0.25, 0.3) is 11.8 Å². The molecule has 8 nitrogen and oxygen atoms in total. The van der Waals surface area contributed by atoms with Gasteiger partial charge in [-0.2, -0.15) is 0 Å². The highest BCUT2D eigenvalue weighted by molar-refractivity contribution is 6.00. The molecule has 1 saturated heterocycles. The molecule has 0 aliphatic carbocycles. The van der Waals surface area contributed by atoms with Gasteiger partial charge in [0.1, 0.15) is 17.1 Å². The van der Waals surface area contributed by atoms with Gasteiger partial charge < -0.3 is 24.6 Å². The average molecular weight is 425 g/mol.